The quantitative estimate of drug-likeness (QED) is 0.400. The number of benzene rings is 1. The summed E-state index contributed by atoms with van der Waals surface area (Å²) in [6.07, 6.45) is 12.3. The minimum absolute atomic E-state index is 0.00611. The molecule has 0 bridgehead atoms. The lowest BCUT2D eigenvalue weighted by Crippen LogP contribution is -2.21. The molecule has 0 aliphatic carbocycles. The molecular weight excluding hydrogens is 390 g/mol. The number of rotatable bonds is 5. The molecule has 0 saturated heterocycles. The number of hydrogen-bond donors (Lipinski definition) is 4. The first-order valence-electron chi connectivity index (χ1n) is 10.1. The minimum Gasteiger partial charge on any atom is -0.367 e. The number of H-pyrrole nitrogens is 2. The van der Waals surface area contributed by atoms with Gasteiger partial charge in [0.2, 0.25) is 5.91 Å². The first-order valence-corrected chi connectivity index (χ1v) is 10.1. The minimum atomic E-state index is 0.00611. The van der Waals surface area contributed by atoms with Gasteiger partial charge in [-0.25, -0.2) is 4.98 Å². The van der Waals surface area contributed by atoms with Gasteiger partial charge in [-0.1, -0.05) is 13.0 Å². The van der Waals surface area contributed by atoms with Crippen molar-refractivity contribution in [2.24, 2.45) is 0 Å². The molecule has 8 nitrogen and oxygen atoms in total. The summed E-state index contributed by atoms with van der Waals surface area (Å²) in [5.74, 6) is 0.690. The molecule has 1 amide bonds. The van der Waals surface area contributed by atoms with Crippen molar-refractivity contribution < 1.29 is 4.79 Å². The van der Waals surface area contributed by atoms with E-state index in [0.717, 1.165) is 50.9 Å². The molecule has 0 saturated carbocycles. The van der Waals surface area contributed by atoms with Crippen LogP contribution in [-0.2, 0) is 4.79 Å². The molecule has 8 heteroatoms. The summed E-state index contributed by atoms with van der Waals surface area (Å²) in [6.45, 7) is 1.99. The number of nitrogens with one attached hydrogen (secondary N) is 4. The highest BCUT2D eigenvalue weighted by molar-refractivity contribution is 5.95. The van der Waals surface area contributed by atoms with E-state index in [1.807, 2.05) is 43.5 Å². The monoisotopic (exact) mass is 411 g/mol. The second-order valence-corrected chi connectivity index (χ2v) is 7.31. The summed E-state index contributed by atoms with van der Waals surface area (Å²) in [6, 6.07) is 7.95. The molecular formula is C23H21N7O. The van der Waals surface area contributed by atoms with Crippen molar-refractivity contribution >= 4 is 33.4 Å². The number of aromatic amines is 2. The number of imidazole rings is 1. The van der Waals surface area contributed by atoms with Crippen LogP contribution in [0.5, 0.6) is 0 Å². The Labute approximate surface area is 178 Å². The Hall–Kier alpha value is -4.20. The molecule has 5 rings (SSSR count). The van der Waals surface area contributed by atoms with Crippen LogP contribution in [0.2, 0.25) is 0 Å². The molecule has 0 spiro atoms. The van der Waals surface area contributed by atoms with Gasteiger partial charge in [-0.3, -0.25) is 14.9 Å². The van der Waals surface area contributed by atoms with Crippen LogP contribution in [0.25, 0.3) is 39.0 Å². The van der Waals surface area contributed by atoms with E-state index < -0.39 is 0 Å². The SMILES string of the molecule is CCCC(=O)NC1=CC(c2ccc3[nH]nc(-c4nc5ccncc5[nH]4)c3c2)=CNC=C1. The second kappa shape index (κ2) is 7.91. The van der Waals surface area contributed by atoms with Gasteiger partial charge >= 0.3 is 0 Å². The van der Waals surface area contributed by atoms with Crippen LogP contribution < -0.4 is 10.6 Å². The Balaban J connectivity index is 1.53. The summed E-state index contributed by atoms with van der Waals surface area (Å²) in [7, 11) is 0. The van der Waals surface area contributed by atoms with Crippen molar-refractivity contribution in [2.45, 2.75) is 19.8 Å². The molecule has 31 heavy (non-hydrogen) atoms. The number of pyridine rings is 1. The number of nitrogens with zero attached hydrogens (tertiary/aromatic N) is 3. The van der Waals surface area contributed by atoms with Crippen LogP contribution in [0.4, 0.5) is 0 Å². The Morgan fingerprint density at radius 1 is 1.19 bits per heavy atom. The highest BCUT2D eigenvalue weighted by atomic mass is 16.1. The Morgan fingerprint density at radius 2 is 2.13 bits per heavy atom. The number of aromatic nitrogens is 5. The predicted molar refractivity (Wildman–Crippen MR) is 120 cm³/mol. The Kier molecular flexibility index (Phi) is 4.80. The molecule has 0 unspecified atom stereocenters. The number of allylic oxidation sites excluding steroid dienone is 3. The zero-order valence-electron chi connectivity index (χ0n) is 16.9. The molecule has 4 N–H and O–H groups in total. The van der Waals surface area contributed by atoms with Crippen molar-refractivity contribution in [3.8, 4) is 11.5 Å². The third-order valence-corrected chi connectivity index (χ3v) is 5.07. The van der Waals surface area contributed by atoms with Crippen LogP contribution >= 0.6 is 0 Å². The van der Waals surface area contributed by atoms with E-state index in [0.29, 0.717) is 12.2 Å². The number of fused-ring (bicyclic) bond motifs is 2. The third-order valence-electron chi connectivity index (χ3n) is 5.07. The summed E-state index contributed by atoms with van der Waals surface area (Å²) in [5.41, 5.74) is 6.04. The van der Waals surface area contributed by atoms with Crippen molar-refractivity contribution in [3.05, 3.63) is 72.5 Å². The Bertz CT molecular complexity index is 1340. The van der Waals surface area contributed by atoms with Crippen molar-refractivity contribution in [2.75, 3.05) is 0 Å². The molecule has 1 aromatic carbocycles. The molecule has 154 valence electrons. The van der Waals surface area contributed by atoms with Crippen LogP contribution in [-0.4, -0.2) is 31.1 Å². The van der Waals surface area contributed by atoms with E-state index in [4.69, 9.17) is 0 Å². The van der Waals surface area contributed by atoms with Gasteiger partial charge in [-0.2, -0.15) is 5.10 Å². The summed E-state index contributed by atoms with van der Waals surface area (Å²) < 4.78 is 0. The van der Waals surface area contributed by atoms with Gasteiger partial charge in [-0.15, -0.1) is 0 Å². The third kappa shape index (κ3) is 3.71. The average molecular weight is 411 g/mol. The normalized spacial score (nSPS) is 13.6. The van der Waals surface area contributed by atoms with E-state index >= 15 is 0 Å². The zero-order chi connectivity index (χ0) is 21.2. The zero-order valence-corrected chi connectivity index (χ0v) is 16.9. The largest absolute Gasteiger partial charge is 0.367 e. The lowest BCUT2D eigenvalue weighted by Gasteiger charge is -2.07. The van der Waals surface area contributed by atoms with Crippen LogP contribution in [0.1, 0.15) is 25.3 Å². The van der Waals surface area contributed by atoms with Gasteiger partial charge in [0.15, 0.2) is 5.82 Å². The van der Waals surface area contributed by atoms with Crippen LogP contribution in [0.15, 0.2) is 66.9 Å². The van der Waals surface area contributed by atoms with Crippen molar-refractivity contribution in [1.29, 1.82) is 0 Å². The molecule has 0 fully saturated rings. The summed E-state index contributed by atoms with van der Waals surface area (Å²) >= 11 is 0. The maximum atomic E-state index is 12.0. The summed E-state index contributed by atoms with van der Waals surface area (Å²) in [5, 5.41) is 14.6. The lowest BCUT2D eigenvalue weighted by molar-refractivity contribution is -0.120. The standard InChI is InChI=1S/C23H21N7O/c1-2-3-21(31)26-16-6-8-24-12-15(10-16)14-4-5-18-17(11-14)22(30-29-18)23-27-19-7-9-25-13-20(19)28-23/h4-13,24H,2-3H2,1H3,(H,26,31)(H,27,28)(H,29,30). The second-order valence-electron chi connectivity index (χ2n) is 7.31. The smallest absolute Gasteiger partial charge is 0.224 e. The molecule has 4 heterocycles. The highest BCUT2D eigenvalue weighted by Crippen LogP contribution is 2.29. The van der Waals surface area contributed by atoms with E-state index in [1.54, 1.807) is 18.6 Å². The highest BCUT2D eigenvalue weighted by Gasteiger charge is 2.14. The first-order chi connectivity index (χ1) is 15.2. The fourth-order valence-electron chi connectivity index (χ4n) is 3.57. The lowest BCUT2D eigenvalue weighted by atomic mass is 10.0. The number of carbonyl (C=O) groups excluding carboxylic acids is 1. The fourth-order valence-corrected chi connectivity index (χ4v) is 3.57. The summed E-state index contributed by atoms with van der Waals surface area (Å²) in [4.78, 5) is 24.1. The fraction of sp³-hybridized carbons (Fsp3) is 0.130. The van der Waals surface area contributed by atoms with E-state index in [9.17, 15) is 4.79 Å². The predicted octanol–water partition coefficient (Wildman–Crippen LogP) is 3.76. The maximum absolute atomic E-state index is 12.0. The van der Waals surface area contributed by atoms with Crippen molar-refractivity contribution in [3.63, 3.8) is 0 Å². The van der Waals surface area contributed by atoms with Crippen LogP contribution in [0, 0.1) is 0 Å². The number of hydrogen-bond acceptors (Lipinski definition) is 5. The van der Waals surface area contributed by atoms with Gasteiger partial charge < -0.3 is 15.6 Å². The van der Waals surface area contributed by atoms with Gasteiger partial charge in [0, 0.05) is 36.1 Å². The molecule has 3 aromatic heterocycles. The van der Waals surface area contributed by atoms with Crippen molar-refractivity contribution in [1.82, 2.24) is 35.8 Å². The Morgan fingerprint density at radius 3 is 3.00 bits per heavy atom. The molecule has 4 aromatic rings. The number of carbonyl (C=O) groups is 1. The molecule has 0 radical (unpaired) electrons. The number of amides is 1. The van der Waals surface area contributed by atoms with Gasteiger partial charge in [0.1, 0.15) is 5.69 Å². The van der Waals surface area contributed by atoms with Gasteiger partial charge in [0.25, 0.3) is 0 Å². The topological polar surface area (TPSA) is 111 Å². The first kappa shape index (κ1) is 18.8. The van der Waals surface area contributed by atoms with Crippen LogP contribution in [0.3, 0.4) is 0 Å². The van der Waals surface area contributed by atoms with Gasteiger partial charge in [-0.05, 0) is 47.9 Å². The maximum Gasteiger partial charge on any atom is 0.224 e. The molecule has 1 aliphatic heterocycles. The van der Waals surface area contributed by atoms with E-state index in [1.165, 1.54) is 0 Å². The van der Waals surface area contributed by atoms with E-state index in [-0.39, 0.29) is 5.91 Å². The van der Waals surface area contributed by atoms with E-state index in [2.05, 4.69) is 41.8 Å². The van der Waals surface area contributed by atoms with Gasteiger partial charge in [0.05, 0.1) is 22.7 Å². The molecule has 0 atom stereocenters. The molecule has 1 aliphatic rings. The average Bonchev–Trinajstić information content (AvgIpc) is 3.31.